The molecule has 1 unspecified atom stereocenters. The van der Waals surface area contributed by atoms with Crippen LogP contribution in [0.5, 0.6) is 0 Å². The molecule has 1 fully saturated rings. The molecule has 2 nitrogen and oxygen atoms in total. The van der Waals surface area contributed by atoms with Gasteiger partial charge in [-0.1, -0.05) is 23.7 Å². The van der Waals surface area contributed by atoms with Crippen molar-refractivity contribution < 1.29 is 0 Å². The third-order valence-corrected chi connectivity index (χ3v) is 4.18. The molecule has 0 bridgehead atoms. The van der Waals surface area contributed by atoms with Crippen molar-refractivity contribution in [3.8, 4) is 6.07 Å². The van der Waals surface area contributed by atoms with Crippen LogP contribution in [-0.4, -0.2) is 12.1 Å². The molecular weight excluding hydrogens is 244 g/mol. The van der Waals surface area contributed by atoms with Crippen LogP contribution in [0, 0.1) is 17.2 Å². The minimum absolute atomic E-state index is 0.108. The fourth-order valence-corrected chi connectivity index (χ4v) is 2.92. The molecule has 1 aliphatic rings. The fraction of sp³-hybridized carbons (Fsp3) is 0.533. The van der Waals surface area contributed by atoms with Crippen LogP contribution in [-0.2, 0) is 0 Å². The number of halogens is 1. The Morgan fingerprint density at radius 3 is 2.83 bits per heavy atom. The first-order valence-corrected chi connectivity index (χ1v) is 6.81. The lowest BCUT2D eigenvalue weighted by Crippen LogP contribution is -2.50. The van der Waals surface area contributed by atoms with Gasteiger partial charge in [0.2, 0.25) is 0 Å². The number of piperidine rings is 1. The minimum Gasteiger partial charge on any atom is -0.365 e. The van der Waals surface area contributed by atoms with Gasteiger partial charge in [-0.05, 0) is 44.7 Å². The maximum Gasteiger partial charge on any atom is 0.0639 e. The van der Waals surface area contributed by atoms with Crippen molar-refractivity contribution in [2.24, 2.45) is 5.92 Å². The number of hydrogen-bond acceptors (Lipinski definition) is 2. The Labute approximate surface area is 114 Å². The van der Waals surface area contributed by atoms with Crippen molar-refractivity contribution >= 4 is 17.3 Å². The summed E-state index contributed by atoms with van der Waals surface area (Å²) in [6, 6.07) is 10.3. The zero-order chi connectivity index (χ0) is 13.2. The lowest BCUT2D eigenvalue weighted by atomic mass is 9.83. The van der Waals surface area contributed by atoms with Gasteiger partial charge >= 0.3 is 0 Å². The SMILES string of the molecule is CC1(C)CCC(CC#N)CN1c1ccccc1Cl. The van der Waals surface area contributed by atoms with Crippen molar-refractivity contribution in [2.45, 2.75) is 38.6 Å². The van der Waals surface area contributed by atoms with E-state index in [-0.39, 0.29) is 5.54 Å². The average molecular weight is 263 g/mol. The summed E-state index contributed by atoms with van der Waals surface area (Å²) in [4.78, 5) is 2.36. The molecule has 96 valence electrons. The number of hydrogen-bond donors (Lipinski definition) is 0. The predicted molar refractivity (Wildman–Crippen MR) is 75.8 cm³/mol. The summed E-state index contributed by atoms with van der Waals surface area (Å²) in [5, 5.41) is 9.66. The highest BCUT2D eigenvalue weighted by Crippen LogP contribution is 2.38. The third kappa shape index (κ3) is 2.62. The van der Waals surface area contributed by atoms with E-state index in [2.05, 4.69) is 30.9 Å². The summed E-state index contributed by atoms with van der Waals surface area (Å²) in [5.74, 6) is 0.458. The van der Waals surface area contributed by atoms with Gasteiger partial charge in [-0.15, -0.1) is 0 Å². The quantitative estimate of drug-likeness (QED) is 0.797. The largest absolute Gasteiger partial charge is 0.365 e. The van der Waals surface area contributed by atoms with Gasteiger partial charge in [0, 0.05) is 18.5 Å². The Kier molecular flexibility index (Phi) is 3.82. The summed E-state index contributed by atoms with van der Waals surface area (Å²) in [7, 11) is 0. The van der Waals surface area contributed by atoms with E-state index >= 15 is 0 Å². The number of benzene rings is 1. The second-order valence-electron chi connectivity index (χ2n) is 5.64. The molecule has 0 aliphatic carbocycles. The summed E-state index contributed by atoms with van der Waals surface area (Å²) < 4.78 is 0. The van der Waals surface area contributed by atoms with Crippen LogP contribution in [0.25, 0.3) is 0 Å². The monoisotopic (exact) mass is 262 g/mol. The summed E-state index contributed by atoms with van der Waals surface area (Å²) in [6.07, 6.45) is 2.86. The number of para-hydroxylation sites is 1. The highest BCUT2D eigenvalue weighted by atomic mass is 35.5. The number of rotatable bonds is 2. The van der Waals surface area contributed by atoms with E-state index < -0.39 is 0 Å². The molecule has 1 atom stereocenters. The first-order valence-electron chi connectivity index (χ1n) is 6.44. The highest BCUT2D eigenvalue weighted by Gasteiger charge is 2.34. The maximum absolute atomic E-state index is 8.87. The van der Waals surface area contributed by atoms with Crippen molar-refractivity contribution in [3.05, 3.63) is 29.3 Å². The van der Waals surface area contributed by atoms with Crippen LogP contribution in [0.1, 0.15) is 33.1 Å². The van der Waals surface area contributed by atoms with E-state index in [4.69, 9.17) is 16.9 Å². The van der Waals surface area contributed by atoms with E-state index in [0.717, 1.165) is 30.1 Å². The molecule has 0 radical (unpaired) electrons. The number of anilines is 1. The fourth-order valence-electron chi connectivity index (χ4n) is 2.68. The van der Waals surface area contributed by atoms with E-state index in [1.165, 1.54) is 0 Å². The molecule has 1 saturated heterocycles. The maximum atomic E-state index is 8.87. The third-order valence-electron chi connectivity index (χ3n) is 3.86. The zero-order valence-corrected chi connectivity index (χ0v) is 11.7. The van der Waals surface area contributed by atoms with Crippen molar-refractivity contribution in [3.63, 3.8) is 0 Å². The van der Waals surface area contributed by atoms with Crippen molar-refractivity contribution in [1.82, 2.24) is 0 Å². The lowest BCUT2D eigenvalue weighted by molar-refractivity contribution is 0.293. The minimum atomic E-state index is 0.108. The predicted octanol–water partition coefficient (Wildman–Crippen LogP) is 4.25. The van der Waals surface area contributed by atoms with E-state index in [1.807, 2.05) is 18.2 Å². The molecule has 1 aromatic carbocycles. The normalized spacial score (nSPS) is 22.6. The van der Waals surface area contributed by atoms with Crippen LogP contribution in [0.15, 0.2) is 24.3 Å². The van der Waals surface area contributed by atoms with Gasteiger partial charge in [0.05, 0.1) is 16.8 Å². The van der Waals surface area contributed by atoms with E-state index in [9.17, 15) is 0 Å². The second kappa shape index (κ2) is 5.20. The Morgan fingerprint density at radius 2 is 2.17 bits per heavy atom. The molecule has 3 heteroatoms. The van der Waals surface area contributed by atoms with Crippen LogP contribution in [0.3, 0.4) is 0 Å². The smallest absolute Gasteiger partial charge is 0.0639 e. The summed E-state index contributed by atoms with van der Waals surface area (Å²) in [5.41, 5.74) is 1.20. The van der Waals surface area contributed by atoms with Gasteiger partial charge in [-0.2, -0.15) is 5.26 Å². The van der Waals surface area contributed by atoms with Crippen LogP contribution >= 0.6 is 11.6 Å². The molecule has 1 aliphatic heterocycles. The van der Waals surface area contributed by atoms with Gasteiger partial charge < -0.3 is 4.90 Å². The molecule has 1 aromatic rings. The van der Waals surface area contributed by atoms with E-state index in [0.29, 0.717) is 12.3 Å². The second-order valence-corrected chi connectivity index (χ2v) is 6.05. The van der Waals surface area contributed by atoms with Gasteiger partial charge in [-0.25, -0.2) is 0 Å². The standard InChI is InChI=1S/C15H19ClN2/c1-15(2)9-7-12(8-10-17)11-18(15)14-6-4-3-5-13(14)16/h3-6,12H,7-9,11H2,1-2H3. The number of nitriles is 1. The zero-order valence-electron chi connectivity index (χ0n) is 11.0. The Bertz CT molecular complexity index is 462. The van der Waals surface area contributed by atoms with Gasteiger partial charge in [-0.3, -0.25) is 0 Å². The van der Waals surface area contributed by atoms with Gasteiger partial charge in [0.1, 0.15) is 0 Å². The molecule has 1 heterocycles. The molecular formula is C15H19ClN2. The molecule has 0 saturated carbocycles. The average Bonchev–Trinajstić information content (AvgIpc) is 2.33. The topological polar surface area (TPSA) is 27.0 Å². The van der Waals surface area contributed by atoms with Crippen molar-refractivity contribution in [2.75, 3.05) is 11.4 Å². The van der Waals surface area contributed by atoms with Crippen molar-refractivity contribution in [1.29, 1.82) is 5.26 Å². The van der Waals surface area contributed by atoms with Crippen LogP contribution < -0.4 is 4.90 Å². The Hall–Kier alpha value is -1.20. The van der Waals surface area contributed by atoms with Gasteiger partial charge in [0.15, 0.2) is 0 Å². The molecule has 2 rings (SSSR count). The Balaban J connectivity index is 2.28. The van der Waals surface area contributed by atoms with Crippen LogP contribution in [0.2, 0.25) is 5.02 Å². The van der Waals surface area contributed by atoms with Crippen LogP contribution in [0.4, 0.5) is 5.69 Å². The summed E-state index contributed by atoms with van der Waals surface area (Å²) in [6.45, 7) is 5.42. The van der Waals surface area contributed by atoms with Gasteiger partial charge in [0.25, 0.3) is 0 Å². The molecule has 0 amide bonds. The first-order chi connectivity index (χ1) is 8.54. The lowest BCUT2D eigenvalue weighted by Gasteiger charge is -2.47. The molecule has 0 spiro atoms. The Morgan fingerprint density at radius 1 is 1.44 bits per heavy atom. The summed E-state index contributed by atoms with van der Waals surface area (Å²) >= 11 is 6.30. The van der Waals surface area contributed by atoms with E-state index in [1.54, 1.807) is 0 Å². The molecule has 18 heavy (non-hydrogen) atoms. The highest BCUT2D eigenvalue weighted by molar-refractivity contribution is 6.33. The molecule has 0 aromatic heterocycles. The first kappa shape index (κ1) is 13.2. The molecule has 0 N–H and O–H groups in total. The number of nitrogens with zero attached hydrogens (tertiary/aromatic N) is 2.